The van der Waals surface area contributed by atoms with Crippen LogP contribution in [0.5, 0.6) is 5.88 Å². The van der Waals surface area contributed by atoms with Gasteiger partial charge in [0.05, 0.1) is 18.4 Å². The highest BCUT2D eigenvalue weighted by molar-refractivity contribution is 5.30. The van der Waals surface area contributed by atoms with Crippen molar-refractivity contribution in [3.63, 3.8) is 0 Å². The predicted molar refractivity (Wildman–Crippen MR) is 71.5 cm³/mol. The van der Waals surface area contributed by atoms with E-state index in [9.17, 15) is 0 Å². The van der Waals surface area contributed by atoms with Gasteiger partial charge in [-0.15, -0.1) is 0 Å². The van der Waals surface area contributed by atoms with Gasteiger partial charge in [-0.1, -0.05) is 6.92 Å². The van der Waals surface area contributed by atoms with Crippen LogP contribution in [0.4, 0.5) is 0 Å². The zero-order valence-electron chi connectivity index (χ0n) is 11.8. The average molecular weight is 252 g/mol. The second-order valence-electron chi connectivity index (χ2n) is 5.36. The zero-order chi connectivity index (χ0) is 13.3. The number of rotatable bonds is 3. The van der Waals surface area contributed by atoms with Crippen LogP contribution in [0.1, 0.15) is 24.6 Å². The first-order valence-electron chi connectivity index (χ1n) is 6.57. The summed E-state index contributed by atoms with van der Waals surface area (Å²) in [6.07, 6.45) is 1.17. The van der Waals surface area contributed by atoms with Crippen LogP contribution in [-0.4, -0.2) is 40.9 Å². The van der Waals surface area contributed by atoms with Gasteiger partial charge >= 0.3 is 0 Å². The van der Waals surface area contributed by atoms with E-state index in [0.29, 0.717) is 5.92 Å². The lowest BCUT2D eigenvalue weighted by Crippen LogP contribution is -2.47. The van der Waals surface area contributed by atoms with E-state index in [1.807, 2.05) is 14.0 Å². The van der Waals surface area contributed by atoms with E-state index in [0.717, 1.165) is 31.2 Å². The number of piperidine rings is 1. The molecule has 2 unspecified atom stereocenters. The smallest absolute Gasteiger partial charge is 0.216 e. The first-order chi connectivity index (χ1) is 8.52. The summed E-state index contributed by atoms with van der Waals surface area (Å²) < 4.78 is 7.23. The fraction of sp³-hybridized carbons (Fsp3) is 0.769. The van der Waals surface area contributed by atoms with Crippen LogP contribution in [0.3, 0.4) is 0 Å². The second-order valence-corrected chi connectivity index (χ2v) is 5.36. The molecule has 18 heavy (non-hydrogen) atoms. The molecule has 2 N–H and O–H groups in total. The van der Waals surface area contributed by atoms with Crippen molar-refractivity contribution in [2.24, 2.45) is 18.7 Å². The Labute approximate surface area is 109 Å². The molecule has 0 aliphatic carbocycles. The van der Waals surface area contributed by atoms with E-state index < -0.39 is 0 Å². The molecule has 0 bridgehead atoms. The Balaban J connectivity index is 2.10. The van der Waals surface area contributed by atoms with E-state index in [1.54, 1.807) is 11.8 Å². The van der Waals surface area contributed by atoms with Gasteiger partial charge < -0.3 is 10.5 Å². The number of nitrogens with zero attached hydrogens (tertiary/aromatic N) is 3. The van der Waals surface area contributed by atoms with Gasteiger partial charge in [-0.05, 0) is 25.8 Å². The van der Waals surface area contributed by atoms with Gasteiger partial charge in [-0.25, -0.2) is 4.68 Å². The van der Waals surface area contributed by atoms with Crippen molar-refractivity contribution in [2.45, 2.75) is 32.9 Å². The Morgan fingerprint density at radius 3 is 2.83 bits per heavy atom. The quantitative estimate of drug-likeness (QED) is 0.868. The van der Waals surface area contributed by atoms with Gasteiger partial charge in [-0.3, -0.25) is 4.90 Å². The lowest BCUT2D eigenvalue weighted by atomic mass is 9.94. The minimum Gasteiger partial charge on any atom is -0.481 e. The van der Waals surface area contributed by atoms with Gasteiger partial charge in [0, 0.05) is 26.2 Å². The van der Waals surface area contributed by atoms with Crippen molar-refractivity contribution in [1.29, 1.82) is 0 Å². The normalized spacial score (nSPS) is 25.4. The predicted octanol–water partition coefficient (Wildman–Crippen LogP) is 0.906. The minimum absolute atomic E-state index is 0.279. The molecule has 1 fully saturated rings. The van der Waals surface area contributed by atoms with Crippen molar-refractivity contribution < 1.29 is 4.74 Å². The third-order valence-electron chi connectivity index (χ3n) is 3.96. The molecule has 0 spiro atoms. The molecule has 1 aliphatic rings. The molecule has 2 heterocycles. The zero-order valence-corrected chi connectivity index (χ0v) is 11.8. The monoisotopic (exact) mass is 252 g/mol. The molecular weight excluding hydrogens is 228 g/mol. The summed E-state index contributed by atoms with van der Waals surface area (Å²) in [4.78, 5) is 2.40. The molecule has 5 heteroatoms. The molecule has 0 aromatic carbocycles. The number of ether oxygens (including phenoxy) is 1. The van der Waals surface area contributed by atoms with Crippen LogP contribution in [0.15, 0.2) is 0 Å². The van der Waals surface area contributed by atoms with Crippen molar-refractivity contribution in [3.8, 4) is 5.88 Å². The molecule has 2 atom stereocenters. The summed E-state index contributed by atoms with van der Waals surface area (Å²) in [5.74, 6) is 1.48. The largest absolute Gasteiger partial charge is 0.481 e. The Bertz CT molecular complexity index is 415. The summed E-state index contributed by atoms with van der Waals surface area (Å²) in [7, 11) is 3.61. The number of nitrogens with two attached hydrogens (primary N) is 1. The molecule has 1 saturated heterocycles. The van der Waals surface area contributed by atoms with E-state index in [4.69, 9.17) is 10.5 Å². The molecule has 1 aromatic rings. The maximum Gasteiger partial charge on any atom is 0.216 e. The van der Waals surface area contributed by atoms with Crippen LogP contribution >= 0.6 is 0 Å². The van der Waals surface area contributed by atoms with Gasteiger partial charge in [0.1, 0.15) is 0 Å². The maximum atomic E-state index is 6.14. The van der Waals surface area contributed by atoms with Gasteiger partial charge in [0.15, 0.2) is 0 Å². The standard InChI is InChI=1S/C13H24N4O/c1-9-5-6-17(8-12(9)14)7-11-10(2)15-16(3)13(11)18-4/h9,12H,5-8,14H2,1-4H3. The van der Waals surface area contributed by atoms with E-state index in [2.05, 4.69) is 16.9 Å². The highest BCUT2D eigenvalue weighted by atomic mass is 16.5. The van der Waals surface area contributed by atoms with E-state index >= 15 is 0 Å². The number of likely N-dealkylation sites (tertiary alicyclic amines) is 1. The van der Waals surface area contributed by atoms with Crippen LogP contribution in [0, 0.1) is 12.8 Å². The van der Waals surface area contributed by atoms with Crippen LogP contribution < -0.4 is 10.5 Å². The van der Waals surface area contributed by atoms with Crippen LogP contribution in [-0.2, 0) is 13.6 Å². The second kappa shape index (κ2) is 5.28. The summed E-state index contributed by atoms with van der Waals surface area (Å²) >= 11 is 0. The van der Waals surface area contributed by atoms with Gasteiger partial charge in [-0.2, -0.15) is 5.10 Å². The Hall–Kier alpha value is -1.07. The van der Waals surface area contributed by atoms with Crippen LogP contribution in [0.2, 0.25) is 0 Å². The van der Waals surface area contributed by atoms with Crippen LogP contribution in [0.25, 0.3) is 0 Å². The fourth-order valence-electron chi connectivity index (χ4n) is 2.66. The molecule has 0 radical (unpaired) electrons. The lowest BCUT2D eigenvalue weighted by Gasteiger charge is -2.35. The molecule has 5 nitrogen and oxygen atoms in total. The van der Waals surface area contributed by atoms with E-state index in [-0.39, 0.29) is 6.04 Å². The topological polar surface area (TPSA) is 56.3 Å². The van der Waals surface area contributed by atoms with Crippen molar-refractivity contribution >= 4 is 0 Å². The SMILES string of the molecule is COc1c(CN2CCC(C)C(N)C2)c(C)nn1C. The van der Waals surface area contributed by atoms with Gasteiger partial charge in [0.25, 0.3) is 0 Å². The summed E-state index contributed by atoms with van der Waals surface area (Å²) in [6, 6.07) is 0.279. The summed E-state index contributed by atoms with van der Waals surface area (Å²) in [5.41, 5.74) is 8.37. The number of methoxy groups -OCH3 is 1. The molecule has 1 aromatic heterocycles. The van der Waals surface area contributed by atoms with Crippen molar-refractivity contribution in [3.05, 3.63) is 11.3 Å². The molecule has 2 rings (SSSR count). The number of aromatic nitrogens is 2. The van der Waals surface area contributed by atoms with Crippen molar-refractivity contribution in [2.75, 3.05) is 20.2 Å². The molecule has 1 aliphatic heterocycles. The number of hydrogen-bond donors (Lipinski definition) is 1. The summed E-state index contributed by atoms with van der Waals surface area (Å²) in [6.45, 7) is 7.20. The number of aryl methyl sites for hydroxylation is 2. The highest BCUT2D eigenvalue weighted by Gasteiger charge is 2.25. The Morgan fingerprint density at radius 1 is 1.50 bits per heavy atom. The van der Waals surface area contributed by atoms with Crippen molar-refractivity contribution in [1.82, 2.24) is 14.7 Å². The Morgan fingerprint density at radius 2 is 2.22 bits per heavy atom. The third kappa shape index (κ3) is 2.52. The Kier molecular flexibility index (Phi) is 3.92. The molecule has 102 valence electrons. The highest BCUT2D eigenvalue weighted by Crippen LogP contribution is 2.25. The molecule has 0 saturated carbocycles. The fourth-order valence-corrected chi connectivity index (χ4v) is 2.66. The van der Waals surface area contributed by atoms with E-state index in [1.165, 1.54) is 12.0 Å². The minimum atomic E-state index is 0.279. The molecular formula is C13H24N4O. The van der Waals surface area contributed by atoms with Gasteiger partial charge in [0.2, 0.25) is 5.88 Å². The first-order valence-corrected chi connectivity index (χ1v) is 6.57. The third-order valence-corrected chi connectivity index (χ3v) is 3.96. The average Bonchev–Trinajstić information content (AvgIpc) is 2.58. The number of hydrogen-bond acceptors (Lipinski definition) is 4. The maximum absolute atomic E-state index is 6.14. The first kappa shape index (κ1) is 13.4. The lowest BCUT2D eigenvalue weighted by molar-refractivity contribution is 0.160. The summed E-state index contributed by atoms with van der Waals surface area (Å²) in [5, 5.41) is 4.42. The molecule has 0 amide bonds.